The third kappa shape index (κ3) is 3.57. The van der Waals surface area contributed by atoms with Crippen LogP contribution in [-0.4, -0.2) is 60.0 Å². The van der Waals surface area contributed by atoms with Crippen molar-refractivity contribution in [2.24, 2.45) is 5.92 Å². The summed E-state index contributed by atoms with van der Waals surface area (Å²) in [5.74, 6) is 1.06. The van der Waals surface area contributed by atoms with Crippen LogP contribution in [0.1, 0.15) is 45.4 Å². The molecule has 0 aromatic heterocycles. The van der Waals surface area contributed by atoms with Gasteiger partial charge in [-0.15, -0.1) is 0 Å². The van der Waals surface area contributed by atoms with Gasteiger partial charge in [0.05, 0.1) is 6.04 Å². The van der Waals surface area contributed by atoms with Crippen molar-refractivity contribution in [2.75, 3.05) is 26.3 Å². The van der Waals surface area contributed by atoms with Crippen LogP contribution in [-0.2, 0) is 14.3 Å². The van der Waals surface area contributed by atoms with Gasteiger partial charge in [0.1, 0.15) is 0 Å². The fraction of sp³-hybridized carbons (Fsp3) is 0.875. The lowest BCUT2D eigenvalue weighted by molar-refractivity contribution is -0.137. The molecule has 2 saturated heterocycles. The summed E-state index contributed by atoms with van der Waals surface area (Å²) < 4.78 is 5.40. The zero-order valence-electron chi connectivity index (χ0n) is 12.9. The van der Waals surface area contributed by atoms with Crippen molar-refractivity contribution in [1.29, 1.82) is 0 Å². The topological polar surface area (TPSA) is 49.9 Å². The van der Waals surface area contributed by atoms with Gasteiger partial charge in [0.2, 0.25) is 11.8 Å². The van der Waals surface area contributed by atoms with Crippen LogP contribution in [0, 0.1) is 5.92 Å². The molecular weight excluding hydrogens is 268 g/mol. The van der Waals surface area contributed by atoms with Crippen molar-refractivity contribution in [2.45, 2.75) is 57.5 Å². The predicted octanol–water partition coefficient (Wildman–Crippen LogP) is 1.41. The average molecular weight is 294 g/mol. The molecule has 1 atom stereocenters. The maximum Gasteiger partial charge on any atom is 0.222 e. The van der Waals surface area contributed by atoms with E-state index < -0.39 is 0 Å². The van der Waals surface area contributed by atoms with Gasteiger partial charge in [-0.25, -0.2) is 0 Å². The molecule has 118 valence electrons. The van der Waals surface area contributed by atoms with Crippen LogP contribution in [0.2, 0.25) is 0 Å². The third-order valence-electron chi connectivity index (χ3n) is 5.02. The second-order valence-corrected chi connectivity index (χ2v) is 6.70. The van der Waals surface area contributed by atoms with Crippen LogP contribution in [0.5, 0.6) is 0 Å². The summed E-state index contributed by atoms with van der Waals surface area (Å²) in [6.45, 7) is 4.67. The minimum Gasteiger partial charge on any atom is -0.381 e. The normalized spacial score (nSPS) is 26.9. The molecule has 1 saturated carbocycles. The fourth-order valence-electron chi connectivity index (χ4n) is 3.67. The number of hydrogen-bond acceptors (Lipinski definition) is 3. The Labute approximate surface area is 126 Å². The van der Waals surface area contributed by atoms with E-state index in [0.717, 1.165) is 45.6 Å². The Morgan fingerprint density at radius 2 is 1.81 bits per heavy atom. The first kappa shape index (κ1) is 14.8. The van der Waals surface area contributed by atoms with E-state index in [4.69, 9.17) is 4.74 Å². The first-order valence-electron chi connectivity index (χ1n) is 8.29. The molecule has 3 aliphatic rings. The molecule has 0 aromatic carbocycles. The number of rotatable bonds is 4. The standard InChI is InChI=1S/C16H26N2O3/c1-12(19)18(14-5-8-21-9-6-14)15-4-7-17(11-15)16(20)10-13-2-3-13/h13-15H,2-11H2,1H3. The molecule has 0 N–H and O–H groups in total. The van der Waals surface area contributed by atoms with Gasteiger partial charge < -0.3 is 14.5 Å². The molecule has 5 nitrogen and oxygen atoms in total. The number of nitrogens with zero attached hydrogens (tertiary/aromatic N) is 2. The maximum atomic E-state index is 12.2. The highest BCUT2D eigenvalue weighted by atomic mass is 16.5. The van der Waals surface area contributed by atoms with Gasteiger partial charge in [-0.3, -0.25) is 9.59 Å². The van der Waals surface area contributed by atoms with Crippen molar-refractivity contribution >= 4 is 11.8 Å². The summed E-state index contributed by atoms with van der Waals surface area (Å²) in [6.07, 6.45) is 5.91. The van der Waals surface area contributed by atoms with Crippen LogP contribution in [0.4, 0.5) is 0 Å². The molecule has 2 amide bonds. The number of carbonyl (C=O) groups excluding carboxylic acids is 2. The first-order chi connectivity index (χ1) is 10.1. The molecule has 3 fully saturated rings. The van der Waals surface area contributed by atoms with Crippen LogP contribution >= 0.6 is 0 Å². The van der Waals surface area contributed by atoms with E-state index in [1.165, 1.54) is 12.8 Å². The largest absolute Gasteiger partial charge is 0.381 e. The molecule has 3 rings (SSSR count). The van der Waals surface area contributed by atoms with Crippen molar-refractivity contribution in [1.82, 2.24) is 9.80 Å². The summed E-state index contributed by atoms with van der Waals surface area (Å²) in [5, 5.41) is 0. The number of carbonyl (C=O) groups is 2. The molecule has 1 unspecified atom stereocenters. The fourth-order valence-corrected chi connectivity index (χ4v) is 3.67. The maximum absolute atomic E-state index is 12.2. The Morgan fingerprint density at radius 3 is 2.43 bits per heavy atom. The van der Waals surface area contributed by atoms with E-state index >= 15 is 0 Å². The van der Waals surface area contributed by atoms with Crippen LogP contribution in [0.25, 0.3) is 0 Å². The summed E-state index contributed by atoms with van der Waals surface area (Å²) in [6, 6.07) is 0.494. The van der Waals surface area contributed by atoms with Gasteiger partial charge >= 0.3 is 0 Å². The van der Waals surface area contributed by atoms with E-state index in [1.807, 2.05) is 9.80 Å². The molecule has 5 heteroatoms. The average Bonchev–Trinajstić information content (AvgIpc) is 3.15. The Morgan fingerprint density at radius 1 is 1.10 bits per heavy atom. The van der Waals surface area contributed by atoms with E-state index in [-0.39, 0.29) is 17.9 Å². The molecule has 0 spiro atoms. The molecule has 2 heterocycles. The molecule has 0 radical (unpaired) electrons. The van der Waals surface area contributed by atoms with Crippen LogP contribution in [0.3, 0.4) is 0 Å². The quantitative estimate of drug-likeness (QED) is 0.788. The third-order valence-corrected chi connectivity index (χ3v) is 5.02. The minimum atomic E-state index is 0.142. The highest BCUT2D eigenvalue weighted by Crippen LogP contribution is 2.33. The lowest BCUT2D eigenvalue weighted by atomic mass is 10.0. The highest BCUT2D eigenvalue weighted by Gasteiger charge is 2.37. The van der Waals surface area contributed by atoms with Crippen molar-refractivity contribution in [3.8, 4) is 0 Å². The lowest BCUT2D eigenvalue weighted by Gasteiger charge is -2.37. The minimum absolute atomic E-state index is 0.142. The number of hydrogen-bond donors (Lipinski definition) is 0. The molecule has 2 aliphatic heterocycles. The number of ether oxygens (including phenoxy) is 1. The highest BCUT2D eigenvalue weighted by molar-refractivity contribution is 5.78. The monoisotopic (exact) mass is 294 g/mol. The molecule has 1 aliphatic carbocycles. The summed E-state index contributed by atoms with van der Waals surface area (Å²) in [7, 11) is 0. The molecule has 0 bridgehead atoms. The van der Waals surface area contributed by atoms with Gasteiger partial charge in [-0.2, -0.15) is 0 Å². The first-order valence-corrected chi connectivity index (χ1v) is 8.29. The van der Waals surface area contributed by atoms with Gasteiger partial charge in [-0.05, 0) is 38.0 Å². The zero-order chi connectivity index (χ0) is 14.8. The summed E-state index contributed by atoms with van der Waals surface area (Å²) in [4.78, 5) is 28.3. The smallest absolute Gasteiger partial charge is 0.222 e. The Kier molecular flexibility index (Phi) is 4.48. The van der Waals surface area contributed by atoms with E-state index in [9.17, 15) is 9.59 Å². The second-order valence-electron chi connectivity index (χ2n) is 6.70. The number of likely N-dealkylation sites (tertiary alicyclic amines) is 1. The lowest BCUT2D eigenvalue weighted by Crippen LogP contribution is -2.49. The van der Waals surface area contributed by atoms with Crippen LogP contribution in [0.15, 0.2) is 0 Å². The summed E-state index contributed by atoms with van der Waals surface area (Å²) in [5.41, 5.74) is 0. The predicted molar refractivity (Wildman–Crippen MR) is 78.7 cm³/mol. The SMILES string of the molecule is CC(=O)N(C1CCOCC1)C1CCN(C(=O)CC2CC2)C1. The van der Waals surface area contributed by atoms with E-state index in [2.05, 4.69) is 0 Å². The van der Waals surface area contributed by atoms with Gasteiger partial charge in [0.25, 0.3) is 0 Å². The number of amides is 2. The van der Waals surface area contributed by atoms with Gasteiger partial charge in [-0.1, -0.05) is 0 Å². The molecular formula is C16H26N2O3. The van der Waals surface area contributed by atoms with E-state index in [0.29, 0.717) is 18.4 Å². The van der Waals surface area contributed by atoms with Crippen LogP contribution < -0.4 is 0 Å². The zero-order valence-corrected chi connectivity index (χ0v) is 12.9. The van der Waals surface area contributed by atoms with Crippen molar-refractivity contribution < 1.29 is 14.3 Å². The Hall–Kier alpha value is -1.10. The summed E-state index contributed by atoms with van der Waals surface area (Å²) >= 11 is 0. The van der Waals surface area contributed by atoms with Crippen molar-refractivity contribution in [3.05, 3.63) is 0 Å². The Bertz CT molecular complexity index is 402. The molecule has 21 heavy (non-hydrogen) atoms. The van der Waals surface area contributed by atoms with E-state index in [1.54, 1.807) is 6.92 Å². The van der Waals surface area contributed by atoms with Crippen molar-refractivity contribution in [3.63, 3.8) is 0 Å². The Balaban J connectivity index is 1.58. The van der Waals surface area contributed by atoms with Gasteiger partial charge in [0.15, 0.2) is 0 Å². The van der Waals surface area contributed by atoms with Gasteiger partial charge in [0, 0.05) is 45.7 Å². The molecule has 0 aromatic rings. The second kappa shape index (κ2) is 6.34.